The van der Waals surface area contributed by atoms with Crippen molar-refractivity contribution in [2.45, 2.75) is 46.3 Å². The monoisotopic (exact) mass is 368 g/mol. The van der Waals surface area contributed by atoms with Crippen molar-refractivity contribution in [3.05, 3.63) is 39.9 Å². The number of hydrogen-bond donors (Lipinski definition) is 1. The first kappa shape index (κ1) is 20.3. The van der Waals surface area contributed by atoms with Crippen molar-refractivity contribution < 1.29 is 9.53 Å². The molecular formula is C18H22Cl2N2O2. The van der Waals surface area contributed by atoms with E-state index in [-0.39, 0.29) is 17.9 Å². The first-order valence-electron chi connectivity index (χ1n) is 7.63. The van der Waals surface area contributed by atoms with E-state index in [9.17, 15) is 10.1 Å². The highest BCUT2D eigenvalue weighted by atomic mass is 35.5. The lowest BCUT2D eigenvalue weighted by Crippen LogP contribution is -2.48. The van der Waals surface area contributed by atoms with E-state index < -0.39 is 5.54 Å². The van der Waals surface area contributed by atoms with Crippen molar-refractivity contribution in [1.82, 2.24) is 5.32 Å². The third-order valence-corrected chi connectivity index (χ3v) is 4.77. The highest BCUT2D eigenvalue weighted by Crippen LogP contribution is 2.33. The van der Waals surface area contributed by atoms with Gasteiger partial charge in [0.2, 0.25) is 5.91 Å². The molecule has 0 fully saturated rings. The van der Waals surface area contributed by atoms with E-state index >= 15 is 0 Å². The molecule has 24 heavy (non-hydrogen) atoms. The number of nitrogens with zero attached hydrogens (tertiary/aromatic N) is 1. The van der Waals surface area contributed by atoms with E-state index in [1.54, 1.807) is 39.0 Å². The second-order valence-corrected chi connectivity index (χ2v) is 6.91. The number of rotatable bonds is 6. The van der Waals surface area contributed by atoms with Crippen LogP contribution in [0, 0.1) is 24.2 Å². The first-order chi connectivity index (χ1) is 11.1. The number of carbonyl (C=O) groups excluding carboxylic acids is 1. The maximum absolute atomic E-state index is 12.0. The molecule has 130 valence electrons. The van der Waals surface area contributed by atoms with Crippen molar-refractivity contribution in [3.63, 3.8) is 0 Å². The molecule has 0 heterocycles. The third kappa shape index (κ3) is 5.15. The van der Waals surface area contributed by atoms with Gasteiger partial charge in [-0.25, -0.2) is 0 Å². The van der Waals surface area contributed by atoms with Gasteiger partial charge in [0, 0.05) is 11.1 Å². The highest BCUT2D eigenvalue weighted by Gasteiger charge is 2.29. The fraction of sp³-hybridized carbons (Fsp3) is 0.444. The minimum Gasteiger partial charge on any atom is -0.485 e. The molecule has 0 aliphatic heterocycles. The summed E-state index contributed by atoms with van der Waals surface area (Å²) in [5.41, 5.74) is -0.172. The van der Waals surface area contributed by atoms with E-state index in [4.69, 9.17) is 27.9 Å². The predicted molar refractivity (Wildman–Crippen MR) is 97.4 cm³/mol. The van der Waals surface area contributed by atoms with Crippen LogP contribution in [0.1, 0.15) is 33.3 Å². The second-order valence-electron chi connectivity index (χ2n) is 6.12. The SMILES string of the molecule is Cc1c(Cl)ccc(OC(C)C=CC(=O)NC(C)(C#N)C(C)C)c1Cl. The average molecular weight is 369 g/mol. The zero-order valence-electron chi connectivity index (χ0n) is 14.5. The molecule has 0 radical (unpaired) electrons. The molecular weight excluding hydrogens is 347 g/mol. The van der Waals surface area contributed by atoms with Gasteiger partial charge in [0.15, 0.2) is 0 Å². The van der Waals surface area contributed by atoms with Crippen molar-refractivity contribution in [2.24, 2.45) is 5.92 Å². The molecule has 0 aromatic heterocycles. The number of hydrogen-bond acceptors (Lipinski definition) is 3. The zero-order chi connectivity index (χ0) is 18.5. The molecule has 0 saturated carbocycles. The van der Waals surface area contributed by atoms with Crippen LogP contribution in [0.5, 0.6) is 5.75 Å². The quantitative estimate of drug-likeness (QED) is 0.741. The zero-order valence-corrected chi connectivity index (χ0v) is 16.0. The lowest BCUT2D eigenvalue weighted by Gasteiger charge is -2.26. The van der Waals surface area contributed by atoms with Crippen LogP contribution in [0.3, 0.4) is 0 Å². The van der Waals surface area contributed by atoms with Gasteiger partial charge in [0.25, 0.3) is 0 Å². The maximum atomic E-state index is 12.0. The Balaban J connectivity index is 2.73. The Hall–Kier alpha value is -1.70. The number of nitriles is 1. The largest absolute Gasteiger partial charge is 0.485 e. The molecule has 1 aromatic carbocycles. The van der Waals surface area contributed by atoms with Gasteiger partial charge >= 0.3 is 0 Å². The number of ether oxygens (including phenoxy) is 1. The Morgan fingerprint density at radius 1 is 1.38 bits per heavy atom. The van der Waals surface area contributed by atoms with Crippen LogP contribution in [0.25, 0.3) is 0 Å². The summed E-state index contributed by atoms with van der Waals surface area (Å²) in [6.07, 6.45) is 2.59. The Labute approximate surface area is 153 Å². The van der Waals surface area contributed by atoms with Gasteiger partial charge in [-0.15, -0.1) is 0 Å². The maximum Gasteiger partial charge on any atom is 0.245 e. The standard InChI is InChI=1S/C18H22Cl2N2O2/c1-11(2)18(5,10-21)22-16(23)9-6-12(3)24-15-8-7-14(19)13(4)17(15)20/h6-9,11-12H,1-5H3,(H,22,23). The van der Waals surface area contributed by atoms with Crippen molar-refractivity contribution >= 4 is 29.1 Å². The molecule has 0 spiro atoms. The molecule has 1 N–H and O–H groups in total. The first-order valence-corrected chi connectivity index (χ1v) is 8.39. The van der Waals surface area contributed by atoms with Gasteiger partial charge in [0.05, 0.1) is 11.1 Å². The smallest absolute Gasteiger partial charge is 0.245 e. The summed E-state index contributed by atoms with van der Waals surface area (Å²) in [7, 11) is 0. The highest BCUT2D eigenvalue weighted by molar-refractivity contribution is 6.36. The van der Waals surface area contributed by atoms with Crippen molar-refractivity contribution in [3.8, 4) is 11.8 Å². The van der Waals surface area contributed by atoms with Crippen LogP contribution >= 0.6 is 23.2 Å². The minimum atomic E-state index is -0.915. The lowest BCUT2D eigenvalue weighted by atomic mass is 9.90. The number of carbonyl (C=O) groups is 1. The van der Waals surface area contributed by atoms with Gasteiger partial charge in [-0.3, -0.25) is 4.79 Å². The fourth-order valence-electron chi connectivity index (χ4n) is 1.79. The molecule has 0 saturated heterocycles. The summed E-state index contributed by atoms with van der Waals surface area (Å²) in [6, 6.07) is 5.53. The van der Waals surface area contributed by atoms with Crippen molar-refractivity contribution in [2.75, 3.05) is 0 Å². The van der Waals surface area contributed by atoms with Crippen LogP contribution in [0.15, 0.2) is 24.3 Å². The van der Waals surface area contributed by atoms with Crippen LogP contribution in [0.2, 0.25) is 10.0 Å². The number of halogens is 2. The minimum absolute atomic E-state index is 0.00984. The molecule has 0 aliphatic carbocycles. The third-order valence-electron chi connectivity index (χ3n) is 3.89. The van der Waals surface area contributed by atoms with Crippen molar-refractivity contribution in [1.29, 1.82) is 5.26 Å². The van der Waals surface area contributed by atoms with Crippen LogP contribution in [-0.2, 0) is 4.79 Å². The van der Waals surface area contributed by atoms with Crippen LogP contribution < -0.4 is 10.1 Å². The average Bonchev–Trinajstić information content (AvgIpc) is 2.53. The molecule has 0 bridgehead atoms. The summed E-state index contributed by atoms with van der Waals surface area (Å²) in [6.45, 7) is 9.04. The summed E-state index contributed by atoms with van der Waals surface area (Å²) < 4.78 is 5.71. The predicted octanol–water partition coefficient (Wildman–Crippen LogP) is 4.68. The molecule has 2 unspecified atom stereocenters. The van der Waals surface area contributed by atoms with E-state index in [0.29, 0.717) is 15.8 Å². The summed E-state index contributed by atoms with van der Waals surface area (Å²) >= 11 is 12.2. The van der Waals surface area contributed by atoms with Gasteiger partial charge in [0.1, 0.15) is 17.4 Å². The molecule has 0 aliphatic rings. The molecule has 1 rings (SSSR count). The number of nitrogens with one attached hydrogen (secondary N) is 1. The van der Waals surface area contributed by atoms with Gasteiger partial charge in [-0.1, -0.05) is 37.0 Å². The summed E-state index contributed by atoms with van der Waals surface area (Å²) in [5.74, 6) is 0.145. The molecule has 2 atom stereocenters. The van der Waals surface area contributed by atoms with Gasteiger partial charge in [-0.05, 0) is 50.5 Å². The molecule has 1 amide bonds. The molecule has 4 nitrogen and oxygen atoms in total. The topological polar surface area (TPSA) is 62.1 Å². The Morgan fingerprint density at radius 2 is 2.00 bits per heavy atom. The number of amides is 1. The van der Waals surface area contributed by atoms with E-state index in [0.717, 1.165) is 5.56 Å². The Kier molecular flexibility index (Phi) is 7.13. The normalized spacial score (nSPS) is 15.0. The Morgan fingerprint density at radius 3 is 2.54 bits per heavy atom. The van der Waals surface area contributed by atoms with E-state index in [1.165, 1.54) is 6.08 Å². The van der Waals surface area contributed by atoms with Crippen LogP contribution in [-0.4, -0.2) is 17.6 Å². The van der Waals surface area contributed by atoms with Gasteiger partial charge < -0.3 is 10.1 Å². The van der Waals surface area contributed by atoms with E-state index in [2.05, 4.69) is 11.4 Å². The van der Waals surface area contributed by atoms with E-state index in [1.807, 2.05) is 13.8 Å². The summed E-state index contributed by atoms with van der Waals surface area (Å²) in [4.78, 5) is 12.0. The lowest BCUT2D eigenvalue weighted by molar-refractivity contribution is -0.118. The summed E-state index contributed by atoms with van der Waals surface area (Å²) in [5, 5.41) is 12.9. The molecule has 1 aromatic rings. The number of benzene rings is 1. The molecule has 6 heteroatoms. The second kappa shape index (κ2) is 8.41. The van der Waals surface area contributed by atoms with Gasteiger partial charge in [-0.2, -0.15) is 5.26 Å². The Bertz CT molecular complexity index is 680. The van der Waals surface area contributed by atoms with Crippen LogP contribution in [0.4, 0.5) is 0 Å². The fourth-order valence-corrected chi connectivity index (χ4v) is 2.20.